The third kappa shape index (κ3) is 6.00. The molecule has 0 aromatic heterocycles. The van der Waals surface area contributed by atoms with E-state index >= 15 is 0 Å². The SMILES string of the molecule is CN(CCOc1ccc(F)cc1)CC(=O)Nc1ccccc1Br. The van der Waals surface area contributed by atoms with E-state index in [1.54, 1.807) is 12.1 Å². The number of ether oxygens (including phenoxy) is 1. The van der Waals surface area contributed by atoms with E-state index < -0.39 is 0 Å². The molecule has 122 valence electrons. The van der Waals surface area contributed by atoms with Crippen LogP contribution < -0.4 is 10.1 Å². The molecule has 1 N–H and O–H groups in total. The first-order valence-corrected chi connectivity index (χ1v) is 7.95. The number of likely N-dealkylation sites (N-methyl/N-ethyl adjacent to an activating group) is 1. The second-order valence-corrected chi connectivity index (χ2v) is 5.92. The molecule has 1 amide bonds. The molecule has 0 atom stereocenters. The summed E-state index contributed by atoms with van der Waals surface area (Å²) in [7, 11) is 1.84. The van der Waals surface area contributed by atoms with Gasteiger partial charge in [0.15, 0.2) is 0 Å². The number of anilines is 1. The predicted octanol–water partition coefficient (Wildman–Crippen LogP) is 3.54. The Morgan fingerprint density at radius 2 is 1.91 bits per heavy atom. The summed E-state index contributed by atoms with van der Waals surface area (Å²) in [5, 5.41) is 2.85. The first-order valence-electron chi connectivity index (χ1n) is 7.16. The molecule has 4 nitrogen and oxygen atoms in total. The molecule has 2 aromatic rings. The first-order chi connectivity index (χ1) is 11.0. The van der Waals surface area contributed by atoms with Crippen LogP contribution in [-0.2, 0) is 4.79 Å². The molecule has 0 heterocycles. The van der Waals surface area contributed by atoms with Gasteiger partial charge < -0.3 is 10.1 Å². The standard InChI is InChI=1S/C17H18BrFN2O2/c1-21(10-11-23-14-8-6-13(19)7-9-14)12-17(22)20-16-5-3-2-4-15(16)18/h2-9H,10-12H2,1H3,(H,20,22). The Morgan fingerprint density at radius 3 is 2.61 bits per heavy atom. The molecule has 0 bridgehead atoms. The van der Waals surface area contributed by atoms with Crippen molar-refractivity contribution < 1.29 is 13.9 Å². The van der Waals surface area contributed by atoms with Crippen molar-refractivity contribution in [1.82, 2.24) is 4.90 Å². The van der Waals surface area contributed by atoms with Crippen LogP contribution in [0.1, 0.15) is 0 Å². The molecule has 0 spiro atoms. The highest BCUT2D eigenvalue weighted by molar-refractivity contribution is 9.10. The normalized spacial score (nSPS) is 10.6. The van der Waals surface area contributed by atoms with Crippen LogP contribution in [0.15, 0.2) is 53.0 Å². The van der Waals surface area contributed by atoms with Crippen LogP contribution in [0, 0.1) is 5.82 Å². The number of carbonyl (C=O) groups excluding carboxylic acids is 1. The first kappa shape index (κ1) is 17.4. The van der Waals surface area contributed by atoms with Gasteiger partial charge in [-0.1, -0.05) is 12.1 Å². The molecule has 2 rings (SSSR count). The van der Waals surface area contributed by atoms with Gasteiger partial charge in [-0.15, -0.1) is 0 Å². The predicted molar refractivity (Wildman–Crippen MR) is 92.2 cm³/mol. The van der Waals surface area contributed by atoms with E-state index in [1.165, 1.54) is 12.1 Å². The van der Waals surface area contributed by atoms with Gasteiger partial charge in [-0.25, -0.2) is 4.39 Å². The van der Waals surface area contributed by atoms with Crippen LogP contribution in [0.3, 0.4) is 0 Å². The Morgan fingerprint density at radius 1 is 1.22 bits per heavy atom. The lowest BCUT2D eigenvalue weighted by atomic mass is 10.3. The number of nitrogens with zero attached hydrogens (tertiary/aromatic N) is 1. The van der Waals surface area contributed by atoms with Gasteiger partial charge >= 0.3 is 0 Å². The zero-order valence-electron chi connectivity index (χ0n) is 12.8. The van der Waals surface area contributed by atoms with Crippen molar-refractivity contribution in [3.8, 4) is 5.75 Å². The molecule has 2 aromatic carbocycles. The second kappa shape index (κ2) is 8.64. The van der Waals surface area contributed by atoms with Gasteiger partial charge in [-0.05, 0) is 59.4 Å². The van der Waals surface area contributed by atoms with Crippen molar-refractivity contribution >= 4 is 27.5 Å². The summed E-state index contributed by atoms with van der Waals surface area (Å²) in [6.45, 7) is 1.26. The summed E-state index contributed by atoms with van der Waals surface area (Å²) in [5.74, 6) is 0.219. The highest BCUT2D eigenvalue weighted by Crippen LogP contribution is 2.20. The topological polar surface area (TPSA) is 41.6 Å². The molecular weight excluding hydrogens is 363 g/mol. The van der Waals surface area contributed by atoms with Crippen molar-refractivity contribution in [2.24, 2.45) is 0 Å². The van der Waals surface area contributed by atoms with E-state index in [4.69, 9.17) is 4.74 Å². The minimum Gasteiger partial charge on any atom is -0.492 e. The third-order valence-corrected chi connectivity index (χ3v) is 3.81. The van der Waals surface area contributed by atoms with Crippen molar-refractivity contribution in [3.63, 3.8) is 0 Å². The number of nitrogens with one attached hydrogen (secondary N) is 1. The van der Waals surface area contributed by atoms with E-state index in [9.17, 15) is 9.18 Å². The number of carbonyl (C=O) groups is 1. The summed E-state index contributed by atoms with van der Waals surface area (Å²) in [5.41, 5.74) is 0.744. The fraction of sp³-hybridized carbons (Fsp3) is 0.235. The molecule has 0 unspecified atom stereocenters. The Hall–Kier alpha value is -1.92. The van der Waals surface area contributed by atoms with Crippen LogP contribution >= 0.6 is 15.9 Å². The van der Waals surface area contributed by atoms with Gasteiger partial charge in [-0.3, -0.25) is 9.69 Å². The maximum atomic E-state index is 12.8. The van der Waals surface area contributed by atoms with Gasteiger partial charge in [0.05, 0.1) is 12.2 Å². The van der Waals surface area contributed by atoms with Crippen LogP contribution in [0.2, 0.25) is 0 Å². The number of hydrogen-bond donors (Lipinski definition) is 1. The van der Waals surface area contributed by atoms with Crippen LogP contribution in [0.4, 0.5) is 10.1 Å². The monoisotopic (exact) mass is 380 g/mol. The van der Waals surface area contributed by atoms with Crippen molar-refractivity contribution in [1.29, 1.82) is 0 Å². The fourth-order valence-corrected chi connectivity index (χ4v) is 2.31. The average molecular weight is 381 g/mol. The van der Waals surface area contributed by atoms with E-state index in [0.717, 1.165) is 10.2 Å². The summed E-state index contributed by atoms with van der Waals surface area (Å²) in [4.78, 5) is 13.8. The lowest BCUT2D eigenvalue weighted by Crippen LogP contribution is -2.33. The molecule has 0 saturated heterocycles. The van der Waals surface area contributed by atoms with E-state index in [1.807, 2.05) is 36.2 Å². The summed E-state index contributed by atoms with van der Waals surface area (Å²) in [6, 6.07) is 13.3. The number of para-hydroxylation sites is 1. The molecule has 0 aliphatic carbocycles. The highest BCUT2D eigenvalue weighted by Gasteiger charge is 2.08. The Bertz CT molecular complexity index is 649. The molecule has 6 heteroatoms. The van der Waals surface area contributed by atoms with E-state index in [0.29, 0.717) is 18.9 Å². The van der Waals surface area contributed by atoms with Gasteiger partial charge in [0.25, 0.3) is 0 Å². The van der Waals surface area contributed by atoms with Gasteiger partial charge in [0.2, 0.25) is 5.91 Å². The van der Waals surface area contributed by atoms with Crippen molar-refractivity contribution in [3.05, 3.63) is 58.8 Å². The third-order valence-electron chi connectivity index (χ3n) is 3.12. The van der Waals surface area contributed by atoms with Crippen molar-refractivity contribution in [2.75, 3.05) is 32.1 Å². The quantitative estimate of drug-likeness (QED) is 0.798. The molecule has 0 aliphatic rings. The summed E-state index contributed by atoms with van der Waals surface area (Å²) < 4.78 is 19.1. The molecule has 0 radical (unpaired) electrons. The van der Waals surface area contributed by atoms with Crippen molar-refractivity contribution in [2.45, 2.75) is 0 Å². The number of benzene rings is 2. The summed E-state index contributed by atoms with van der Waals surface area (Å²) in [6.07, 6.45) is 0. The van der Waals surface area contributed by atoms with Crippen LogP contribution in [-0.4, -0.2) is 37.6 Å². The average Bonchev–Trinajstić information content (AvgIpc) is 2.51. The zero-order chi connectivity index (χ0) is 16.7. The zero-order valence-corrected chi connectivity index (χ0v) is 14.3. The fourth-order valence-electron chi connectivity index (χ4n) is 1.93. The Labute approximate surface area is 143 Å². The van der Waals surface area contributed by atoms with Gasteiger partial charge in [0.1, 0.15) is 18.2 Å². The van der Waals surface area contributed by atoms with E-state index in [-0.39, 0.29) is 18.3 Å². The molecule has 0 saturated carbocycles. The molecule has 0 aliphatic heterocycles. The number of amides is 1. The van der Waals surface area contributed by atoms with Gasteiger partial charge in [0, 0.05) is 11.0 Å². The lowest BCUT2D eigenvalue weighted by molar-refractivity contribution is -0.117. The minimum absolute atomic E-state index is 0.0961. The lowest BCUT2D eigenvalue weighted by Gasteiger charge is -2.17. The Balaban J connectivity index is 1.71. The minimum atomic E-state index is -0.293. The molecule has 23 heavy (non-hydrogen) atoms. The number of rotatable bonds is 7. The smallest absolute Gasteiger partial charge is 0.238 e. The van der Waals surface area contributed by atoms with Gasteiger partial charge in [-0.2, -0.15) is 0 Å². The largest absolute Gasteiger partial charge is 0.492 e. The van der Waals surface area contributed by atoms with Crippen LogP contribution in [0.5, 0.6) is 5.75 Å². The number of hydrogen-bond acceptors (Lipinski definition) is 3. The maximum absolute atomic E-state index is 12.8. The summed E-state index contributed by atoms with van der Waals surface area (Å²) >= 11 is 3.39. The van der Waals surface area contributed by atoms with Crippen LogP contribution in [0.25, 0.3) is 0 Å². The second-order valence-electron chi connectivity index (χ2n) is 5.07. The molecular formula is C17H18BrFN2O2. The van der Waals surface area contributed by atoms with E-state index in [2.05, 4.69) is 21.2 Å². The molecule has 0 fully saturated rings. The number of halogens is 2. The maximum Gasteiger partial charge on any atom is 0.238 e. The Kier molecular flexibility index (Phi) is 6.55. The highest BCUT2D eigenvalue weighted by atomic mass is 79.9.